The van der Waals surface area contributed by atoms with Crippen LogP contribution in [0.2, 0.25) is 0 Å². The third-order valence-electron chi connectivity index (χ3n) is 3.17. The number of thiophene rings is 1. The van der Waals surface area contributed by atoms with Gasteiger partial charge in [-0.1, -0.05) is 0 Å². The van der Waals surface area contributed by atoms with Gasteiger partial charge in [-0.05, 0) is 30.8 Å². The second kappa shape index (κ2) is 6.66. The molecule has 19 heavy (non-hydrogen) atoms. The number of nitriles is 1. The van der Waals surface area contributed by atoms with E-state index in [9.17, 15) is 9.90 Å². The Balaban J connectivity index is 1.77. The summed E-state index contributed by atoms with van der Waals surface area (Å²) < 4.78 is 0. The second-order valence-corrected chi connectivity index (χ2v) is 5.59. The Kier molecular flexibility index (Phi) is 4.91. The van der Waals surface area contributed by atoms with Crippen molar-refractivity contribution in [3.05, 3.63) is 17.0 Å². The zero-order valence-electron chi connectivity index (χ0n) is 10.6. The highest BCUT2D eigenvalue weighted by Crippen LogP contribution is 2.22. The molecular formula is C13H17N3O2S. The van der Waals surface area contributed by atoms with Crippen LogP contribution in [0.4, 0.5) is 5.00 Å². The molecule has 5 nitrogen and oxygen atoms in total. The van der Waals surface area contributed by atoms with Crippen molar-refractivity contribution in [3.63, 3.8) is 0 Å². The van der Waals surface area contributed by atoms with Gasteiger partial charge < -0.3 is 15.3 Å². The molecule has 1 saturated heterocycles. The second-order valence-electron chi connectivity index (χ2n) is 4.67. The summed E-state index contributed by atoms with van der Waals surface area (Å²) in [6, 6.07) is 3.74. The van der Waals surface area contributed by atoms with E-state index in [4.69, 9.17) is 5.26 Å². The minimum Gasteiger partial charge on any atom is -0.392 e. The van der Waals surface area contributed by atoms with E-state index in [1.54, 1.807) is 11.4 Å². The van der Waals surface area contributed by atoms with Crippen LogP contribution in [0.25, 0.3) is 0 Å². The average molecular weight is 279 g/mol. The van der Waals surface area contributed by atoms with E-state index in [0.717, 1.165) is 19.4 Å². The number of aliphatic hydroxyl groups excluding tert-OH is 1. The number of amides is 1. The maximum absolute atomic E-state index is 11.8. The first-order chi connectivity index (χ1) is 9.19. The fourth-order valence-corrected chi connectivity index (χ4v) is 2.93. The van der Waals surface area contributed by atoms with Crippen molar-refractivity contribution in [2.24, 2.45) is 0 Å². The summed E-state index contributed by atoms with van der Waals surface area (Å²) in [6.07, 6.45) is 1.95. The largest absolute Gasteiger partial charge is 0.392 e. The van der Waals surface area contributed by atoms with Crippen molar-refractivity contribution in [2.45, 2.75) is 25.4 Å². The third kappa shape index (κ3) is 4.03. The molecule has 1 aliphatic rings. The van der Waals surface area contributed by atoms with Gasteiger partial charge in [0.1, 0.15) is 11.1 Å². The van der Waals surface area contributed by atoms with Gasteiger partial charge in [0.15, 0.2) is 0 Å². The minimum atomic E-state index is -0.265. The van der Waals surface area contributed by atoms with Gasteiger partial charge in [-0.2, -0.15) is 5.26 Å². The van der Waals surface area contributed by atoms with E-state index in [0.29, 0.717) is 30.1 Å². The molecule has 1 atom stereocenters. The normalized spacial score (nSPS) is 19.9. The smallest absolute Gasteiger partial charge is 0.226 e. The molecule has 1 aliphatic heterocycles. The molecule has 2 heterocycles. The minimum absolute atomic E-state index is 0.0842. The van der Waals surface area contributed by atoms with E-state index in [1.807, 2.05) is 6.07 Å². The average Bonchev–Trinajstić information content (AvgIpc) is 2.84. The number of anilines is 1. The highest BCUT2D eigenvalue weighted by Gasteiger charge is 2.18. The molecule has 102 valence electrons. The lowest BCUT2D eigenvalue weighted by atomic mass is 10.1. The molecule has 0 aliphatic carbocycles. The van der Waals surface area contributed by atoms with Gasteiger partial charge in [-0.25, -0.2) is 0 Å². The van der Waals surface area contributed by atoms with Crippen LogP contribution in [0.3, 0.4) is 0 Å². The van der Waals surface area contributed by atoms with E-state index in [2.05, 4.69) is 10.2 Å². The van der Waals surface area contributed by atoms with Crippen LogP contribution in [0.5, 0.6) is 0 Å². The van der Waals surface area contributed by atoms with Crippen molar-refractivity contribution in [2.75, 3.05) is 25.0 Å². The first kappa shape index (κ1) is 14.0. The lowest BCUT2D eigenvalue weighted by Gasteiger charge is -2.29. The summed E-state index contributed by atoms with van der Waals surface area (Å²) in [5.41, 5.74) is 0.506. The van der Waals surface area contributed by atoms with Crippen molar-refractivity contribution in [1.29, 1.82) is 5.26 Å². The van der Waals surface area contributed by atoms with Gasteiger partial charge >= 0.3 is 0 Å². The fraction of sp³-hybridized carbons (Fsp3) is 0.538. The van der Waals surface area contributed by atoms with Crippen molar-refractivity contribution >= 4 is 22.2 Å². The summed E-state index contributed by atoms with van der Waals surface area (Å²) in [4.78, 5) is 13.9. The Bertz CT molecular complexity index is 480. The standard InChI is InChI=1S/C13H17N3O2S/c14-8-10-4-7-19-13(10)15-12(18)3-6-16-5-1-2-11(17)9-16/h4,7,11,17H,1-3,5-6,9H2,(H,15,18). The van der Waals surface area contributed by atoms with Crippen LogP contribution in [0.15, 0.2) is 11.4 Å². The number of nitrogens with zero attached hydrogens (tertiary/aromatic N) is 2. The highest BCUT2D eigenvalue weighted by molar-refractivity contribution is 7.14. The summed E-state index contributed by atoms with van der Waals surface area (Å²) in [5, 5.41) is 23.6. The molecule has 2 N–H and O–H groups in total. The number of hydrogen-bond donors (Lipinski definition) is 2. The highest BCUT2D eigenvalue weighted by atomic mass is 32.1. The van der Waals surface area contributed by atoms with Crippen LogP contribution < -0.4 is 5.32 Å². The lowest BCUT2D eigenvalue weighted by molar-refractivity contribution is -0.116. The number of likely N-dealkylation sites (tertiary alicyclic amines) is 1. The summed E-state index contributed by atoms with van der Waals surface area (Å²) >= 11 is 1.36. The molecule has 1 fully saturated rings. The number of nitrogens with one attached hydrogen (secondary N) is 1. The number of carbonyl (C=O) groups excluding carboxylic acids is 1. The number of aliphatic hydroxyl groups is 1. The molecule has 0 radical (unpaired) electrons. The first-order valence-electron chi connectivity index (χ1n) is 6.37. The molecule has 0 saturated carbocycles. The maximum Gasteiger partial charge on any atom is 0.226 e. The summed E-state index contributed by atoms with van der Waals surface area (Å²) in [6.45, 7) is 2.23. The van der Waals surface area contributed by atoms with Crippen molar-refractivity contribution < 1.29 is 9.90 Å². The van der Waals surface area contributed by atoms with E-state index in [1.165, 1.54) is 11.3 Å². The Labute approximate surface area is 116 Å². The molecule has 1 aromatic heterocycles. The number of hydrogen-bond acceptors (Lipinski definition) is 5. The molecule has 1 aromatic rings. The fourth-order valence-electron chi connectivity index (χ4n) is 2.18. The van der Waals surface area contributed by atoms with Crippen LogP contribution >= 0.6 is 11.3 Å². The van der Waals surface area contributed by atoms with Crippen LogP contribution in [0, 0.1) is 11.3 Å². The predicted octanol–water partition coefficient (Wildman–Crippen LogP) is 1.41. The summed E-state index contributed by atoms with van der Waals surface area (Å²) in [7, 11) is 0. The Morgan fingerprint density at radius 1 is 1.68 bits per heavy atom. The maximum atomic E-state index is 11.8. The van der Waals surface area contributed by atoms with Gasteiger partial charge in [0.05, 0.1) is 11.7 Å². The molecule has 6 heteroatoms. The number of β-amino-alcohol motifs (C(OH)–C–C–N with tert-alkyl or cyclic N) is 1. The number of carbonyl (C=O) groups is 1. The van der Waals surface area contributed by atoms with Crippen LogP contribution in [-0.4, -0.2) is 41.7 Å². The first-order valence-corrected chi connectivity index (χ1v) is 7.25. The van der Waals surface area contributed by atoms with Crippen molar-refractivity contribution in [3.8, 4) is 6.07 Å². The number of piperidine rings is 1. The van der Waals surface area contributed by atoms with Crippen molar-refractivity contribution in [1.82, 2.24) is 4.90 Å². The molecular weight excluding hydrogens is 262 g/mol. The van der Waals surface area contributed by atoms with Gasteiger partial charge in [-0.3, -0.25) is 4.79 Å². The van der Waals surface area contributed by atoms with Gasteiger partial charge in [0, 0.05) is 19.5 Å². The van der Waals surface area contributed by atoms with Crippen LogP contribution in [-0.2, 0) is 4.79 Å². The lowest BCUT2D eigenvalue weighted by Crippen LogP contribution is -2.39. The van der Waals surface area contributed by atoms with E-state index >= 15 is 0 Å². The third-order valence-corrected chi connectivity index (χ3v) is 4.00. The molecule has 1 amide bonds. The quantitative estimate of drug-likeness (QED) is 0.873. The Morgan fingerprint density at radius 2 is 2.53 bits per heavy atom. The molecule has 0 spiro atoms. The monoisotopic (exact) mass is 279 g/mol. The van der Waals surface area contributed by atoms with E-state index in [-0.39, 0.29) is 12.0 Å². The molecule has 1 unspecified atom stereocenters. The SMILES string of the molecule is N#Cc1ccsc1NC(=O)CCN1CCCC(O)C1. The Morgan fingerprint density at radius 3 is 3.26 bits per heavy atom. The number of rotatable bonds is 4. The topological polar surface area (TPSA) is 76.4 Å². The zero-order valence-corrected chi connectivity index (χ0v) is 11.4. The molecule has 2 rings (SSSR count). The van der Waals surface area contributed by atoms with E-state index < -0.39 is 0 Å². The van der Waals surface area contributed by atoms with Gasteiger partial charge in [0.2, 0.25) is 5.91 Å². The molecule has 0 bridgehead atoms. The van der Waals surface area contributed by atoms with Gasteiger partial charge in [-0.15, -0.1) is 11.3 Å². The predicted molar refractivity (Wildman–Crippen MR) is 74.0 cm³/mol. The molecule has 0 aromatic carbocycles. The Hall–Kier alpha value is -1.42. The van der Waals surface area contributed by atoms with Gasteiger partial charge in [0.25, 0.3) is 0 Å². The zero-order chi connectivity index (χ0) is 13.7. The van der Waals surface area contributed by atoms with Crippen LogP contribution in [0.1, 0.15) is 24.8 Å². The summed E-state index contributed by atoms with van der Waals surface area (Å²) in [5.74, 6) is -0.0842.